The van der Waals surface area contributed by atoms with Crippen LogP contribution >= 0.6 is 0 Å². The van der Waals surface area contributed by atoms with E-state index in [0.717, 1.165) is 19.3 Å². The number of hydrogen-bond acceptors (Lipinski definition) is 4. The third-order valence-electron chi connectivity index (χ3n) is 3.84. The zero-order chi connectivity index (χ0) is 17.4. The number of aliphatic hydroxyl groups excluding tert-OH is 1. The van der Waals surface area contributed by atoms with E-state index in [9.17, 15) is 14.4 Å². The van der Waals surface area contributed by atoms with Gasteiger partial charge in [-0.15, -0.1) is 0 Å². The van der Waals surface area contributed by atoms with Crippen LogP contribution in [-0.4, -0.2) is 54.1 Å². The van der Waals surface area contributed by atoms with Gasteiger partial charge in [0.15, 0.2) is 0 Å². The van der Waals surface area contributed by atoms with E-state index in [0.29, 0.717) is 30.6 Å². The van der Waals surface area contributed by atoms with Gasteiger partial charge in [-0.3, -0.25) is 14.5 Å². The molecule has 0 spiro atoms. The summed E-state index contributed by atoms with van der Waals surface area (Å²) in [6, 6.07) is 6.51. The summed E-state index contributed by atoms with van der Waals surface area (Å²) in [6.07, 6.45) is 2.94. The lowest BCUT2D eigenvalue weighted by Gasteiger charge is -2.14. The van der Waals surface area contributed by atoms with E-state index in [1.807, 2.05) is 0 Å². The van der Waals surface area contributed by atoms with Crippen molar-refractivity contribution in [2.75, 3.05) is 26.2 Å². The largest absolute Gasteiger partial charge is 0.396 e. The van der Waals surface area contributed by atoms with Crippen LogP contribution in [0.1, 0.15) is 46.4 Å². The number of urea groups is 1. The van der Waals surface area contributed by atoms with E-state index in [1.165, 1.54) is 4.90 Å². The molecule has 1 aliphatic heterocycles. The normalized spacial score (nSPS) is 13.1. The molecule has 0 unspecified atom stereocenters. The van der Waals surface area contributed by atoms with E-state index in [2.05, 4.69) is 10.6 Å². The molecule has 1 aromatic carbocycles. The Bertz CT molecular complexity index is 568. The second-order valence-electron chi connectivity index (χ2n) is 5.63. The number of nitrogens with one attached hydrogen (secondary N) is 2. The highest BCUT2D eigenvalue weighted by Gasteiger charge is 2.34. The molecule has 1 heterocycles. The molecular formula is C17H23N3O4. The summed E-state index contributed by atoms with van der Waals surface area (Å²) >= 11 is 0. The Hall–Kier alpha value is -2.41. The van der Waals surface area contributed by atoms with Crippen LogP contribution in [0, 0.1) is 0 Å². The fourth-order valence-electron chi connectivity index (χ4n) is 2.56. The molecule has 0 aromatic heterocycles. The lowest BCUT2D eigenvalue weighted by molar-refractivity contribution is 0.0653. The standard InChI is InChI=1S/C17H23N3O4/c21-12-5-1-4-9-18-17(24)19-10-6-11-20-15(22)13-7-2-3-8-14(13)16(20)23/h2-3,7-8,21H,1,4-6,9-12H2,(H2,18,19,24). The molecule has 0 fully saturated rings. The lowest BCUT2D eigenvalue weighted by Crippen LogP contribution is -2.38. The van der Waals surface area contributed by atoms with Crippen molar-refractivity contribution in [2.24, 2.45) is 0 Å². The number of fused-ring (bicyclic) bond motifs is 1. The number of nitrogens with zero attached hydrogens (tertiary/aromatic N) is 1. The quantitative estimate of drug-likeness (QED) is 0.466. The summed E-state index contributed by atoms with van der Waals surface area (Å²) in [6.45, 7) is 1.40. The van der Waals surface area contributed by atoms with E-state index in [-0.39, 0.29) is 31.0 Å². The minimum atomic E-state index is -0.274. The molecular weight excluding hydrogens is 310 g/mol. The number of aliphatic hydroxyl groups is 1. The van der Waals surface area contributed by atoms with E-state index < -0.39 is 0 Å². The van der Waals surface area contributed by atoms with Gasteiger partial charge < -0.3 is 15.7 Å². The van der Waals surface area contributed by atoms with Gasteiger partial charge in [-0.25, -0.2) is 4.79 Å². The maximum Gasteiger partial charge on any atom is 0.314 e. The van der Waals surface area contributed by atoms with Gasteiger partial charge in [-0.2, -0.15) is 0 Å². The predicted octanol–water partition coefficient (Wildman–Crippen LogP) is 1.13. The molecule has 4 amide bonds. The summed E-state index contributed by atoms with van der Waals surface area (Å²) in [5.41, 5.74) is 0.882. The van der Waals surface area contributed by atoms with E-state index in [1.54, 1.807) is 24.3 Å². The Morgan fingerprint density at radius 3 is 2.08 bits per heavy atom. The molecule has 3 N–H and O–H groups in total. The van der Waals surface area contributed by atoms with Crippen LogP contribution in [-0.2, 0) is 0 Å². The van der Waals surface area contributed by atoms with Crippen molar-refractivity contribution in [3.05, 3.63) is 35.4 Å². The number of imide groups is 1. The third kappa shape index (κ3) is 4.55. The number of rotatable bonds is 9. The number of benzene rings is 1. The van der Waals surface area contributed by atoms with Crippen molar-refractivity contribution in [3.63, 3.8) is 0 Å². The van der Waals surface area contributed by atoms with Crippen LogP contribution in [0.3, 0.4) is 0 Å². The highest BCUT2D eigenvalue weighted by Crippen LogP contribution is 2.22. The van der Waals surface area contributed by atoms with Gasteiger partial charge in [-0.05, 0) is 37.8 Å². The topological polar surface area (TPSA) is 98.7 Å². The molecule has 130 valence electrons. The summed E-state index contributed by atoms with van der Waals surface area (Å²) < 4.78 is 0. The minimum absolute atomic E-state index is 0.171. The predicted molar refractivity (Wildman–Crippen MR) is 88.8 cm³/mol. The van der Waals surface area contributed by atoms with Crippen LogP contribution in [0.25, 0.3) is 0 Å². The lowest BCUT2D eigenvalue weighted by atomic mass is 10.1. The summed E-state index contributed by atoms with van der Waals surface area (Å²) in [7, 11) is 0. The van der Waals surface area contributed by atoms with Crippen molar-refractivity contribution in [1.82, 2.24) is 15.5 Å². The Morgan fingerprint density at radius 1 is 0.917 bits per heavy atom. The summed E-state index contributed by atoms with van der Waals surface area (Å²) in [5, 5.41) is 14.1. The molecule has 2 rings (SSSR count). The molecule has 24 heavy (non-hydrogen) atoms. The number of amides is 4. The first-order valence-electron chi connectivity index (χ1n) is 8.23. The summed E-state index contributed by atoms with van der Waals surface area (Å²) in [4.78, 5) is 37.1. The average molecular weight is 333 g/mol. The first kappa shape index (κ1) is 17.9. The molecule has 1 aromatic rings. The number of hydrogen-bond donors (Lipinski definition) is 3. The molecule has 0 saturated heterocycles. The zero-order valence-corrected chi connectivity index (χ0v) is 13.6. The van der Waals surface area contributed by atoms with Crippen LogP contribution in [0.2, 0.25) is 0 Å². The zero-order valence-electron chi connectivity index (χ0n) is 13.6. The Kier molecular flexibility index (Phi) is 6.74. The fraction of sp³-hybridized carbons (Fsp3) is 0.471. The molecule has 1 aliphatic rings. The molecule has 0 radical (unpaired) electrons. The van der Waals surface area contributed by atoms with Gasteiger partial charge in [-0.1, -0.05) is 12.1 Å². The van der Waals surface area contributed by atoms with E-state index in [4.69, 9.17) is 5.11 Å². The smallest absolute Gasteiger partial charge is 0.314 e. The Balaban J connectivity index is 1.64. The van der Waals surface area contributed by atoms with E-state index >= 15 is 0 Å². The van der Waals surface area contributed by atoms with Crippen molar-refractivity contribution in [2.45, 2.75) is 25.7 Å². The van der Waals surface area contributed by atoms with Crippen molar-refractivity contribution < 1.29 is 19.5 Å². The van der Waals surface area contributed by atoms with Crippen LogP contribution in [0.15, 0.2) is 24.3 Å². The van der Waals surface area contributed by atoms with Gasteiger partial charge in [0, 0.05) is 26.2 Å². The first-order valence-corrected chi connectivity index (χ1v) is 8.23. The van der Waals surface area contributed by atoms with Crippen molar-refractivity contribution >= 4 is 17.8 Å². The van der Waals surface area contributed by atoms with Gasteiger partial charge in [0.25, 0.3) is 11.8 Å². The first-order chi connectivity index (χ1) is 11.6. The number of carbonyl (C=O) groups is 3. The fourth-order valence-corrected chi connectivity index (χ4v) is 2.56. The monoisotopic (exact) mass is 333 g/mol. The van der Waals surface area contributed by atoms with Gasteiger partial charge in [0.2, 0.25) is 0 Å². The second-order valence-corrected chi connectivity index (χ2v) is 5.63. The Morgan fingerprint density at radius 2 is 1.50 bits per heavy atom. The maximum absolute atomic E-state index is 12.2. The van der Waals surface area contributed by atoms with Crippen LogP contribution < -0.4 is 10.6 Å². The highest BCUT2D eigenvalue weighted by atomic mass is 16.3. The van der Waals surface area contributed by atoms with Crippen molar-refractivity contribution in [1.29, 1.82) is 0 Å². The van der Waals surface area contributed by atoms with Gasteiger partial charge in [0.1, 0.15) is 0 Å². The Labute approximate surface area is 141 Å². The summed E-state index contributed by atoms with van der Waals surface area (Å²) in [5.74, 6) is -0.548. The SMILES string of the molecule is O=C(NCCCCCO)NCCCN1C(=O)c2ccccc2C1=O. The van der Waals surface area contributed by atoms with Crippen LogP contribution in [0.5, 0.6) is 0 Å². The van der Waals surface area contributed by atoms with Crippen LogP contribution in [0.4, 0.5) is 4.79 Å². The second kappa shape index (κ2) is 9.02. The highest BCUT2D eigenvalue weighted by molar-refractivity contribution is 6.21. The molecule has 0 atom stereocenters. The molecule has 0 bridgehead atoms. The van der Waals surface area contributed by atoms with Gasteiger partial charge >= 0.3 is 6.03 Å². The molecule has 7 heteroatoms. The minimum Gasteiger partial charge on any atom is -0.396 e. The third-order valence-corrected chi connectivity index (χ3v) is 3.84. The molecule has 0 aliphatic carbocycles. The number of carbonyl (C=O) groups excluding carboxylic acids is 3. The average Bonchev–Trinajstić information content (AvgIpc) is 2.83. The van der Waals surface area contributed by atoms with Crippen molar-refractivity contribution in [3.8, 4) is 0 Å². The molecule has 7 nitrogen and oxygen atoms in total. The number of unbranched alkanes of at least 4 members (excludes halogenated alkanes) is 2. The van der Waals surface area contributed by atoms with Gasteiger partial charge in [0.05, 0.1) is 11.1 Å². The maximum atomic E-state index is 12.2. The molecule has 0 saturated carbocycles.